The summed E-state index contributed by atoms with van der Waals surface area (Å²) in [6.45, 7) is 3.93. The molecule has 119 valence electrons. The van der Waals surface area contributed by atoms with Crippen molar-refractivity contribution in [2.75, 3.05) is 42.1 Å². The second-order valence-corrected chi connectivity index (χ2v) is 5.48. The lowest BCUT2D eigenvalue weighted by atomic mass is 9.93. The van der Waals surface area contributed by atoms with Gasteiger partial charge in [0.25, 0.3) is 7.41 Å². The molecular formula is C16H20BN4O2. The Morgan fingerprint density at radius 1 is 1.22 bits per heavy atom. The van der Waals surface area contributed by atoms with E-state index >= 15 is 0 Å². The number of nitrogens with one attached hydrogen (secondary N) is 1. The van der Waals surface area contributed by atoms with E-state index in [1.54, 1.807) is 13.7 Å². The fourth-order valence-electron chi connectivity index (χ4n) is 2.78. The molecule has 23 heavy (non-hydrogen) atoms. The largest absolute Gasteiger partial charge is 0.467 e. The molecule has 1 saturated heterocycles. The Kier molecular flexibility index (Phi) is 4.87. The Morgan fingerprint density at radius 2 is 2.04 bits per heavy atom. The van der Waals surface area contributed by atoms with Crippen molar-refractivity contribution in [2.24, 2.45) is 0 Å². The van der Waals surface area contributed by atoms with Crippen LogP contribution in [0.2, 0.25) is 0 Å². The first-order valence-electron chi connectivity index (χ1n) is 7.70. The lowest BCUT2D eigenvalue weighted by Gasteiger charge is -2.36. The number of rotatable bonds is 6. The van der Waals surface area contributed by atoms with Gasteiger partial charge in [-0.25, -0.2) is 0 Å². The minimum atomic E-state index is 0.600. The standard InChI is InChI=1S/C16H20BN4O2/c18-16-14(19-11-13-3-2-10-23-13)4-1-5-15(16)20-6-8-21(9-7-20)17-12-22/h1-5,10,12,19H,6-9,11,18H2. The number of furan rings is 1. The first-order valence-corrected chi connectivity index (χ1v) is 7.70. The molecule has 2 heterocycles. The predicted molar refractivity (Wildman–Crippen MR) is 93.2 cm³/mol. The number of para-hydroxylation sites is 1. The fourth-order valence-corrected chi connectivity index (χ4v) is 2.78. The van der Waals surface area contributed by atoms with Gasteiger partial charge in [0, 0.05) is 26.2 Å². The number of carbonyl (C=O) groups excluding carboxylic acids is 1. The van der Waals surface area contributed by atoms with E-state index in [4.69, 9.17) is 10.2 Å². The molecule has 2 aromatic rings. The topological polar surface area (TPSA) is 74.7 Å². The summed E-state index contributed by atoms with van der Waals surface area (Å²) in [4.78, 5) is 14.8. The number of benzene rings is 1. The molecule has 0 spiro atoms. The molecular weight excluding hydrogens is 291 g/mol. The molecule has 0 amide bonds. The van der Waals surface area contributed by atoms with Gasteiger partial charge < -0.3 is 30.0 Å². The lowest BCUT2D eigenvalue weighted by molar-refractivity contribution is 0.409. The van der Waals surface area contributed by atoms with Crippen molar-refractivity contribution in [3.63, 3.8) is 0 Å². The molecule has 0 atom stereocenters. The Hall–Kier alpha value is -2.41. The average Bonchev–Trinajstić information content (AvgIpc) is 3.09. The Balaban J connectivity index is 1.66. The monoisotopic (exact) mass is 311 g/mol. The maximum Gasteiger partial charge on any atom is 0.293 e. The van der Waals surface area contributed by atoms with Crippen molar-refractivity contribution in [3.8, 4) is 0 Å². The van der Waals surface area contributed by atoms with Gasteiger partial charge in [0.05, 0.1) is 36.1 Å². The number of hydrogen-bond acceptors (Lipinski definition) is 6. The Morgan fingerprint density at radius 3 is 2.74 bits per heavy atom. The highest BCUT2D eigenvalue weighted by Gasteiger charge is 2.19. The summed E-state index contributed by atoms with van der Waals surface area (Å²) in [5.41, 5.74) is 9.01. The summed E-state index contributed by atoms with van der Waals surface area (Å²) < 4.78 is 5.33. The molecule has 1 radical (unpaired) electrons. The van der Waals surface area contributed by atoms with E-state index in [1.807, 2.05) is 35.1 Å². The highest BCUT2D eigenvalue weighted by atomic mass is 16.3. The smallest absolute Gasteiger partial charge is 0.293 e. The van der Waals surface area contributed by atoms with Crippen LogP contribution in [0.25, 0.3) is 0 Å². The third-order valence-electron chi connectivity index (χ3n) is 4.04. The van der Waals surface area contributed by atoms with Crippen molar-refractivity contribution in [1.82, 2.24) is 4.81 Å². The van der Waals surface area contributed by atoms with Gasteiger partial charge in [-0.15, -0.1) is 0 Å². The van der Waals surface area contributed by atoms with Crippen LogP contribution in [0.15, 0.2) is 41.0 Å². The van der Waals surface area contributed by atoms with Gasteiger partial charge in [-0.1, -0.05) is 6.07 Å². The van der Waals surface area contributed by atoms with Crippen LogP contribution in [0.1, 0.15) is 5.76 Å². The molecule has 0 saturated carbocycles. The molecule has 0 bridgehead atoms. The highest BCUT2D eigenvalue weighted by Crippen LogP contribution is 2.31. The SMILES string of the molecule is Nc1c(NCc2ccco2)cccc1N1CCN([B]C=O)CC1. The van der Waals surface area contributed by atoms with Gasteiger partial charge in [-0.05, 0) is 24.3 Å². The van der Waals surface area contributed by atoms with E-state index < -0.39 is 0 Å². The maximum absolute atomic E-state index is 10.5. The zero-order chi connectivity index (χ0) is 16.1. The number of piperazine rings is 1. The fraction of sp³-hybridized carbons (Fsp3) is 0.312. The molecule has 7 heteroatoms. The molecule has 1 aliphatic heterocycles. The second kappa shape index (κ2) is 7.24. The number of anilines is 3. The first kappa shape index (κ1) is 15.5. The van der Waals surface area contributed by atoms with Gasteiger partial charge in [0.1, 0.15) is 5.76 Å². The lowest BCUT2D eigenvalue weighted by Crippen LogP contribution is -2.48. The van der Waals surface area contributed by atoms with Crippen LogP contribution in [-0.2, 0) is 11.3 Å². The normalized spacial score (nSPS) is 15.4. The van der Waals surface area contributed by atoms with E-state index in [2.05, 4.69) is 10.2 Å². The minimum absolute atomic E-state index is 0.600. The van der Waals surface area contributed by atoms with Crippen LogP contribution in [0.4, 0.5) is 17.1 Å². The molecule has 1 fully saturated rings. The minimum Gasteiger partial charge on any atom is -0.467 e. The Bertz CT molecular complexity index is 640. The molecule has 0 aliphatic carbocycles. The summed E-state index contributed by atoms with van der Waals surface area (Å²) >= 11 is 0. The van der Waals surface area contributed by atoms with Crippen LogP contribution >= 0.6 is 0 Å². The predicted octanol–water partition coefficient (Wildman–Crippen LogP) is 1.41. The third-order valence-corrected chi connectivity index (χ3v) is 4.04. The molecule has 3 N–H and O–H groups in total. The summed E-state index contributed by atoms with van der Waals surface area (Å²) in [6.07, 6.45) is 2.50. The van der Waals surface area contributed by atoms with E-state index in [1.165, 1.54) is 0 Å². The van der Waals surface area contributed by atoms with Crippen molar-refractivity contribution in [2.45, 2.75) is 6.54 Å². The van der Waals surface area contributed by atoms with Crippen LogP contribution in [0.5, 0.6) is 0 Å². The van der Waals surface area contributed by atoms with Crippen molar-refractivity contribution in [3.05, 3.63) is 42.4 Å². The highest BCUT2D eigenvalue weighted by molar-refractivity contribution is 6.64. The number of nitrogens with two attached hydrogens (primary N) is 1. The number of nitrogens with zero attached hydrogens (tertiary/aromatic N) is 2. The molecule has 1 aromatic heterocycles. The van der Waals surface area contributed by atoms with Gasteiger partial charge >= 0.3 is 0 Å². The average molecular weight is 311 g/mol. The van der Waals surface area contributed by atoms with E-state index in [9.17, 15) is 4.79 Å². The van der Waals surface area contributed by atoms with E-state index in [0.29, 0.717) is 6.54 Å². The summed E-state index contributed by atoms with van der Waals surface area (Å²) in [6, 6.07) is 9.80. The number of carbonyl (C=O) groups is 1. The number of nitrogen functional groups attached to an aromatic ring is 1. The molecule has 1 aromatic carbocycles. The molecule has 1 aliphatic rings. The summed E-state index contributed by atoms with van der Waals surface area (Å²) in [5, 5.41) is 3.32. The van der Waals surface area contributed by atoms with Crippen molar-refractivity contribution >= 4 is 30.7 Å². The maximum atomic E-state index is 10.5. The van der Waals surface area contributed by atoms with Gasteiger partial charge in [-0.3, -0.25) is 0 Å². The van der Waals surface area contributed by atoms with Crippen molar-refractivity contribution in [1.29, 1.82) is 0 Å². The zero-order valence-electron chi connectivity index (χ0n) is 12.9. The second-order valence-electron chi connectivity index (χ2n) is 5.48. The van der Waals surface area contributed by atoms with Crippen LogP contribution < -0.4 is 16.0 Å². The van der Waals surface area contributed by atoms with E-state index in [0.717, 1.165) is 55.2 Å². The van der Waals surface area contributed by atoms with Gasteiger partial charge in [0.2, 0.25) is 0 Å². The number of hydrogen-bond donors (Lipinski definition) is 2. The van der Waals surface area contributed by atoms with Crippen LogP contribution in [0.3, 0.4) is 0 Å². The third kappa shape index (κ3) is 3.68. The molecule has 0 unspecified atom stereocenters. The van der Waals surface area contributed by atoms with Crippen LogP contribution in [-0.4, -0.2) is 44.6 Å². The first-order chi connectivity index (χ1) is 11.3. The summed E-state index contributed by atoms with van der Waals surface area (Å²) in [7, 11) is 1.60. The molecule has 6 nitrogen and oxygen atoms in total. The van der Waals surface area contributed by atoms with Crippen LogP contribution in [0, 0.1) is 0 Å². The van der Waals surface area contributed by atoms with E-state index in [-0.39, 0.29) is 0 Å². The molecule has 3 rings (SSSR count). The Labute approximate surface area is 136 Å². The van der Waals surface area contributed by atoms with Crippen molar-refractivity contribution < 1.29 is 9.21 Å². The zero-order valence-corrected chi connectivity index (χ0v) is 12.9. The quantitative estimate of drug-likeness (QED) is 0.477. The summed E-state index contributed by atoms with van der Waals surface area (Å²) in [5.74, 6) is 0.868. The van der Waals surface area contributed by atoms with Gasteiger partial charge in [0.15, 0.2) is 0 Å². The van der Waals surface area contributed by atoms with Gasteiger partial charge in [-0.2, -0.15) is 0 Å².